The quantitative estimate of drug-likeness (QED) is 0.490. The lowest BCUT2D eigenvalue weighted by atomic mass is 10.0. The predicted octanol–water partition coefficient (Wildman–Crippen LogP) is 1.43. The van der Waals surface area contributed by atoms with E-state index in [0.29, 0.717) is 18.5 Å². The Labute approximate surface area is 67.8 Å². The van der Waals surface area contributed by atoms with Crippen LogP contribution in [0.3, 0.4) is 0 Å². The first-order valence-electron chi connectivity index (χ1n) is 3.72. The number of allylic oxidation sites excluding steroid dienone is 2. The molecule has 2 nitrogen and oxygen atoms in total. The molecule has 62 valence electrons. The summed E-state index contributed by atoms with van der Waals surface area (Å²) in [7, 11) is 0. The second kappa shape index (κ2) is 4.85. The van der Waals surface area contributed by atoms with Crippen molar-refractivity contribution >= 4 is 5.78 Å². The number of carbonyl (C=O) groups excluding carboxylic acids is 1. The molecule has 0 saturated carbocycles. The van der Waals surface area contributed by atoms with Crippen LogP contribution in [0.4, 0.5) is 0 Å². The molecule has 0 atom stereocenters. The summed E-state index contributed by atoms with van der Waals surface area (Å²) in [6.45, 7) is 7.57. The van der Waals surface area contributed by atoms with E-state index < -0.39 is 0 Å². The smallest absolute Gasteiger partial charge is 0.160 e. The minimum Gasteiger partial charge on any atom is -0.326 e. The molecule has 11 heavy (non-hydrogen) atoms. The van der Waals surface area contributed by atoms with Gasteiger partial charge in [-0.1, -0.05) is 19.6 Å². The summed E-state index contributed by atoms with van der Waals surface area (Å²) in [5.41, 5.74) is 6.98. The SMILES string of the molecule is C=CC(C)=C(CN)C(=O)CC. The van der Waals surface area contributed by atoms with Gasteiger partial charge in [-0.3, -0.25) is 4.79 Å². The van der Waals surface area contributed by atoms with Crippen LogP contribution in [0, 0.1) is 0 Å². The second-order valence-electron chi connectivity index (χ2n) is 2.35. The number of hydrogen-bond acceptors (Lipinski definition) is 2. The van der Waals surface area contributed by atoms with Crippen LogP contribution >= 0.6 is 0 Å². The van der Waals surface area contributed by atoms with Crippen molar-refractivity contribution in [3.63, 3.8) is 0 Å². The molecule has 0 aromatic carbocycles. The fourth-order valence-electron chi connectivity index (χ4n) is 0.831. The van der Waals surface area contributed by atoms with Crippen molar-refractivity contribution in [1.82, 2.24) is 0 Å². The van der Waals surface area contributed by atoms with Crippen molar-refractivity contribution in [3.05, 3.63) is 23.8 Å². The molecule has 0 radical (unpaired) electrons. The summed E-state index contributed by atoms with van der Waals surface area (Å²) in [6.07, 6.45) is 2.17. The molecule has 0 heterocycles. The van der Waals surface area contributed by atoms with Crippen LogP contribution in [0.2, 0.25) is 0 Å². The molecule has 0 aromatic rings. The zero-order valence-corrected chi connectivity index (χ0v) is 7.18. The molecule has 0 spiro atoms. The van der Waals surface area contributed by atoms with E-state index >= 15 is 0 Å². The van der Waals surface area contributed by atoms with Crippen LogP contribution in [0.15, 0.2) is 23.8 Å². The number of rotatable bonds is 4. The monoisotopic (exact) mass is 153 g/mol. The van der Waals surface area contributed by atoms with Crippen LogP contribution in [-0.2, 0) is 4.79 Å². The predicted molar refractivity (Wildman–Crippen MR) is 47.2 cm³/mol. The molecular weight excluding hydrogens is 138 g/mol. The molecule has 0 aromatic heterocycles. The molecule has 0 fully saturated rings. The summed E-state index contributed by atoms with van der Waals surface area (Å²) in [5, 5.41) is 0. The van der Waals surface area contributed by atoms with Crippen molar-refractivity contribution in [2.45, 2.75) is 20.3 Å². The van der Waals surface area contributed by atoms with Crippen LogP contribution < -0.4 is 5.73 Å². The number of nitrogens with two attached hydrogens (primary N) is 1. The molecule has 2 heteroatoms. The van der Waals surface area contributed by atoms with Gasteiger partial charge in [-0.05, 0) is 12.5 Å². The van der Waals surface area contributed by atoms with E-state index in [1.807, 2.05) is 13.8 Å². The van der Waals surface area contributed by atoms with Crippen molar-refractivity contribution in [3.8, 4) is 0 Å². The Morgan fingerprint density at radius 3 is 2.45 bits per heavy atom. The van der Waals surface area contributed by atoms with Gasteiger partial charge in [0, 0.05) is 18.5 Å². The molecule has 0 aliphatic rings. The summed E-state index contributed by atoms with van der Waals surface area (Å²) >= 11 is 0. The number of hydrogen-bond donors (Lipinski definition) is 1. The highest BCUT2D eigenvalue weighted by Crippen LogP contribution is 2.06. The van der Waals surface area contributed by atoms with Crippen molar-refractivity contribution in [1.29, 1.82) is 0 Å². The van der Waals surface area contributed by atoms with E-state index in [2.05, 4.69) is 6.58 Å². The Hall–Kier alpha value is -0.890. The molecule has 0 rings (SSSR count). The van der Waals surface area contributed by atoms with Gasteiger partial charge in [0.15, 0.2) is 5.78 Å². The lowest BCUT2D eigenvalue weighted by Crippen LogP contribution is -2.13. The third-order valence-corrected chi connectivity index (χ3v) is 1.64. The zero-order chi connectivity index (χ0) is 8.85. The number of carbonyl (C=O) groups is 1. The molecule has 0 aliphatic carbocycles. The maximum atomic E-state index is 11.2. The normalized spacial score (nSPS) is 12.3. The zero-order valence-electron chi connectivity index (χ0n) is 7.18. The summed E-state index contributed by atoms with van der Waals surface area (Å²) in [4.78, 5) is 11.2. The maximum absolute atomic E-state index is 11.2. The summed E-state index contributed by atoms with van der Waals surface area (Å²) in [6, 6.07) is 0. The van der Waals surface area contributed by atoms with E-state index in [1.54, 1.807) is 6.08 Å². The minimum atomic E-state index is 0.116. The Kier molecular flexibility index (Phi) is 4.46. The van der Waals surface area contributed by atoms with Gasteiger partial charge in [-0.2, -0.15) is 0 Å². The largest absolute Gasteiger partial charge is 0.326 e. The van der Waals surface area contributed by atoms with Gasteiger partial charge in [-0.25, -0.2) is 0 Å². The molecule has 2 N–H and O–H groups in total. The van der Waals surface area contributed by atoms with Crippen LogP contribution in [0.1, 0.15) is 20.3 Å². The first kappa shape index (κ1) is 10.1. The fourth-order valence-corrected chi connectivity index (χ4v) is 0.831. The molecule has 0 aliphatic heterocycles. The average Bonchev–Trinajstić information content (AvgIpc) is 2.05. The average molecular weight is 153 g/mol. The topological polar surface area (TPSA) is 43.1 Å². The van der Waals surface area contributed by atoms with Gasteiger partial charge in [0.05, 0.1) is 0 Å². The lowest BCUT2D eigenvalue weighted by Gasteiger charge is -2.03. The van der Waals surface area contributed by atoms with Gasteiger partial charge >= 0.3 is 0 Å². The van der Waals surface area contributed by atoms with Gasteiger partial charge in [0.1, 0.15) is 0 Å². The highest BCUT2D eigenvalue weighted by molar-refractivity contribution is 5.96. The van der Waals surface area contributed by atoms with E-state index in [1.165, 1.54) is 0 Å². The molecule has 0 amide bonds. The fraction of sp³-hybridized carbons (Fsp3) is 0.444. The van der Waals surface area contributed by atoms with Gasteiger partial charge in [0.2, 0.25) is 0 Å². The standard InChI is InChI=1S/C9H15NO/c1-4-7(3)8(6-10)9(11)5-2/h4H,1,5-6,10H2,2-3H3. The molecular formula is C9H15NO. The third-order valence-electron chi connectivity index (χ3n) is 1.64. The van der Waals surface area contributed by atoms with Crippen LogP contribution in [0.5, 0.6) is 0 Å². The van der Waals surface area contributed by atoms with Crippen molar-refractivity contribution in [2.75, 3.05) is 6.54 Å². The summed E-state index contributed by atoms with van der Waals surface area (Å²) < 4.78 is 0. The van der Waals surface area contributed by atoms with Crippen molar-refractivity contribution < 1.29 is 4.79 Å². The van der Waals surface area contributed by atoms with E-state index in [0.717, 1.165) is 5.57 Å². The highest BCUT2D eigenvalue weighted by atomic mass is 16.1. The Morgan fingerprint density at radius 1 is 1.64 bits per heavy atom. The second-order valence-corrected chi connectivity index (χ2v) is 2.35. The Balaban J connectivity index is 4.64. The molecule has 0 saturated heterocycles. The van der Waals surface area contributed by atoms with E-state index in [-0.39, 0.29) is 5.78 Å². The number of ketones is 1. The first-order valence-corrected chi connectivity index (χ1v) is 3.72. The minimum absolute atomic E-state index is 0.116. The van der Waals surface area contributed by atoms with Crippen molar-refractivity contribution in [2.24, 2.45) is 5.73 Å². The molecule has 0 bridgehead atoms. The maximum Gasteiger partial charge on any atom is 0.160 e. The first-order chi connectivity index (χ1) is 5.17. The number of Topliss-reactive ketones (excluding diaryl/α,β-unsaturated/α-hetero) is 1. The van der Waals surface area contributed by atoms with Gasteiger partial charge in [0.25, 0.3) is 0 Å². The van der Waals surface area contributed by atoms with Crippen LogP contribution in [-0.4, -0.2) is 12.3 Å². The van der Waals surface area contributed by atoms with Crippen LogP contribution in [0.25, 0.3) is 0 Å². The Bertz CT molecular complexity index is 192. The molecule has 0 unspecified atom stereocenters. The highest BCUT2D eigenvalue weighted by Gasteiger charge is 2.06. The van der Waals surface area contributed by atoms with Gasteiger partial charge < -0.3 is 5.73 Å². The van der Waals surface area contributed by atoms with E-state index in [9.17, 15) is 4.79 Å². The van der Waals surface area contributed by atoms with E-state index in [4.69, 9.17) is 5.73 Å². The lowest BCUT2D eigenvalue weighted by molar-refractivity contribution is -0.115. The Morgan fingerprint density at radius 2 is 2.18 bits per heavy atom. The summed E-state index contributed by atoms with van der Waals surface area (Å²) in [5.74, 6) is 0.116. The van der Waals surface area contributed by atoms with Gasteiger partial charge in [-0.15, -0.1) is 0 Å². The third kappa shape index (κ3) is 2.68.